The van der Waals surface area contributed by atoms with E-state index in [0.29, 0.717) is 11.4 Å². The highest BCUT2D eigenvalue weighted by atomic mass is 35.5. The van der Waals surface area contributed by atoms with Gasteiger partial charge in [-0.3, -0.25) is 4.79 Å². The average Bonchev–Trinajstić information content (AvgIpc) is 2.41. The number of benzene rings is 1. The largest absolute Gasteiger partial charge is 0.389 e. The monoisotopic (exact) mass is 294 g/mol. The predicted molar refractivity (Wildman–Crippen MR) is 80.3 cm³/mol. The van der Waals surface area contributed by atoms with Gasteiger partial charge in [0, 0.05) is 12.6 Å². The molecule has 0 aliphatic heterocycles. The second kappa shape index (κ2) is 5.38. The molecule has 0 bridgehead atoms. The van der Waals surface area contributed by atoms with Gasteiger partial charge in [0.2, 0.25) is 0 Å². The van der Waals surface area contributed by atoms with E-state index in [0.717, 1.165) is 5.69 Å². The van der Waals surface area contributed by atoms with Gasteiger partial charge < -0.3 is 15.6 Å². The molecule has 1 aromatic heterocycles. The zero-order chi connectivity index (χ0) is 14.0. The molecule has 0 amide bonds. The Kier molecular flexibility index (Phi) is 3.82. The van der Waals surface area contributed by atoms with Crippen LogP contribution >= 0.6 is 23.8 Å². The summed E-state index contributed by atoms with van der Waals surface area (Å²) in [7, 11) is 1.74. The lowest BCUT2D eigenvalue weighted by Gasteiger charge is -2.21. The number of nitrogens with two attached hydrogens (primary N) is 1. The molecule has 19 heavy (non-hydrogen) atoms. The molecule has 5 nitrogen and oxygen atoms in total. The van der Waals surface area contributed by atoms with Crippen LogP contribution < -0.4 is 16.2 Å². The van der Waals surface area contributed by atoms with Crippen molar-refractivity contribution in [2.24, 2.45) is 5.73 Å². The van der Waals surface area contributed by atoms with E-state index in [2.05, 4.69) is 9.97 Å². The summed E-state index contributed by atoms with van der Waals surface area (Å²) in [6, 6.07) is 7.30. The van der Waals surface area contributed by atoms with Crippen LogP contribution in [0.2, 0.25) is 5.02 Å². The molecule has 0 fully saturated rings. The highest BCUT2D eigenvalue weighted by Crippen LogP contribution is 2.28. The molecule has 3 N–H and O–H groups in total. The number of nitrogens with zero attached hydrogens (tertiary/aromatic N) is 2. The number of hydrogen-bond donors (Lipinski definition) is 2. The molecule has 2 rings (SSSR count). The van der Waals surface area contributed by atoms with Gasteiger partial charge in [-0.15, -0.1) is 0 Å². The third kappa shape index (κ3) is 2.59. The normalized spacial score (nSPS) is 10.2. The van der Waals surface area contributed by atoms with E-state index in [9.17, 15) is 4.79 Å². The van der Waals surface area contributed by atoms with Crippen molar-refractivity contribution in [3.63, 3.8) is 0 Å². The van der Waals surface area contributed by atoms with Gasteiger partial charge in [-0.05, 0) is 12.1 Å². The summed E-state index contributed by atoms with van der Waals surface area (Å²) in [4.78, 5) is 19.9. The summed E-state index contributed by atoms with van der Waals surface area (Å²) in [6.07, 6.45) is 1.30. The highest BCUT2D eigenvalue weighted by Gasteiger charge is 2.15. The number of thiocarbonyl (C=S) groups is 1. The Hall–Kier alpha value is -1.92. The van der Waals surface area contributed by atoms with Gasteiger partial charge in [-0.2, -0.15) is 0 Å². The minimum Gasteiger partial charge on any atom is -0.389 e. The lowest BCUT2D eigenvalue weighted by Crippen LogP contribution is -2.21. The first-order valence-corrected chi connectivity index (χ1v) is 6.16. The Morgan fingerprint density at radius 2 is 2.16 bits per heavy atom. The van der Waals surface area contributed by atoms with Crippen LogP contribution in [-0.4, -0.2) is 22.0 Å². The van der Waals surface area contributed by atoms with Gasteiger partial charge in [-0.1, -0.05) is 36.0 Å². The molecular weight excluding hydrogens is 284 g/mol. The van der Waals surface area contributed by atoms with Crippen LogP contribution in [0.1, 0.15) is 5.56 Å². The molecule has 0 atom stereocenters. The summed E-state index contributed by atoms with van der Waals surface area (Å²) in [6.45, 7) is 0. The molecule has 2 aromatic rings. The van der Waals surface area contributed by atoms with E-state index in [-0.39, 0.29) is 10.0 Å². The SMILES string of the molecule is CN(c1ccccc1C(N)=S)c1nc[nH]c(=O)c1Cl. The number of rotatable bonds is 3. The standard InChI is InChI=1S/C12H11ClN4OS/c1-17(11-9(13)12(18)16-6-15-11)8-5-3-2-4-7(8)10(14)19/h2-6H,1H3,(H2,14,19)(H,15,16,18). The van der Waals surface area contributed by atoms with E-state index in [4.69, 9.17) is 29.6 Å². The fourth-order valence-electron chi connectivity index (χ4n) is 1.70. The summed E-state index contributed by atoms with van der Waals surface area (Å²) < 4.78 is 0. The molecule has 1 heterocycles. The van der Waals surface area contributed by atoms with Gasteiger partial charge >= 0.3 is 0 Å². The van der Waals surface area contributed by atoms with E-state index in [1.165, 1.54) is 6.33 Å². The molecule has 0 radical (unpaired) electrons. The molecule has 0 saturated heterocycles. The zero-order valence-corrected chi connectivity index (χ0v) is 11.6. The lowest BCUT2D eigenvalue weighted by atomic mass is 10.1. The Labute approximate surface area is 120 Å². The third-order valence-corrected chi connectivity index (χ3v) is 3.19. The quantitative estimate of drug-likeness (QED) is 0.845. The van der Waals surface area contributed by atoms with Gasteiger partial charge in [0.25, 0.3) is 5.56 Å². The molecule has 0 saturated carbocycles. The summed E-state index contributed by atoms with van der Waals surface area (Å²) in [5.74, 6) is 0.342. The maximum atomic E-state index is 11.5. The Bertz CT molecular complexity index is 685. The molecule has 0 aliphatic carbocycles. The van der Waals surface area contributed by atoms with Crippen molar-refractivity contribution in [2.75, 3.05) is 11.9 Å². The van der Waals surface area contributed by atoms with E-state index in [1.807, 2.05) is 18.2 Å². The van der Waals surface area contributed by atoms with Crippen LogP contribution in [0.4, 0.5) is 11.5 Å². The van der Waals surface area contributed by atoms with Crippen molar-refractivity contribution in [3.8, 4) is 0 Å². The number of para-hydroxylation sites is 1. The number of halogens is 1. The van der Waals surface area contributed by atoms with Crippen LogP contribution in [0.5, 0.6) is 0 Å². The number of nitrogens with one attached hydrogen (secondary N) is 1. The second-order valence-corrected chi connectivity index (χ2v) is 4.63. The molecule has 1 aromatic carbocycles. The third-order valence-electron chi connectivity index (χ3n) is 2.63. The van der Waals surface area contributed by atoms with Crippen LogP contribution in [0.25, 0.3) is 0 Å². The number of aromatic amines is 1. The van der Waals surface area contributed by atoms with E-state index in [1.54, 1.807) is 18.0 Å². The lowest BCUT2D eigenvalue weighted by molar-refractivity contribution is 1.05. The van der Waals surface area contributed by atoms with Crippen LogP contribution in [0.15, 0.2) is 35.4 Å². The highest BCUT2D eigenvalue weighted by molar-refractivity contribution is 7.80. The van der Waals surface area contributed by atoms with Gasteiger partial charge in [0.1, 0.15) is 10.0 Å². The average molecular weight is 295 g/mol. The minimum atomic E-state index is -0.397. The summed E-state index contributed by atoms with van der Waals surface area (Å²) in [5, 5.41) is 0.0164. The van der Waals surface area contributed by atoms with Crippen LogP contribution in [0.3, 0.4) is 0 Å². The van der Waals surface area contributed by atoms with Crippen molar-refractivity contribution in [1.29, 1.82) is 0 Å². The van der Waals surface area contributed by atoms with Gasteiger partial charge in [0.15, 0.2) is 5.82 Å². The van der Waals surface area contributed by atoms with Gasteiger partial charge in [-0.25, -0.2) is 4.98 Å². The van der Waals surface area contributed by atoms with E-state index >= 15 is 0 Å². The van der Waals surface area contributed by atoms with Crippen molar-refractivity contribution in [2.45, 2.75) is 0 Å². The van der Waals surface area contributed by atoms with Crippen LogP contribution in [0, 0.1) is 0 Å². The molecule has 7 heteroatoms. The maximum Gasteiger partial charge on any atom is 0.271 e. The van der Waals surface area contributed by atoms with Crippen LogP contribution in [-0.2, 0) is 0 Å². The Balaban J connectivity index is 2.56. The molecule has 0 unspecified atom stereocenters. The zero-order valence-electron chi connectivity index (χ0n) is 10.1. The van der Waals surface area contributed by atoms with Gasteiger partial charge in [0.05, 0.1) is 12.0 Å². The van der Waals surface area contributed by atoms with Crippen molar-refractivity contribution < 1.29 is 0 Å². The fraction of sp³-hybridized carbons (Fsp3) is 0.0833. The predicted octanol–water partition coefficient (Wildman–Crippen LogP) is 1.83. The molecule has 0 aliphatic rings. The van der Waals surface area contributed by atoms with Crippen molar-refractivity contribution >= 4 is 40.3 Å². The topological polar surface area (TPSA) is 75.0 Å². The molecule has 0 spiro atoms. The first kappa shape index (κ1) is 13.5. The number of hydrogen-bond acceptors (Lipinski definition) is 4. The summed E-state index contributed by atoms with van der Waals surface area (Å²) in [5.41, 5.74) is 6.71. The summed E-state index contributed by atoms with van der Waals surface area (Å²) >= 11 is 11.0. The number of anilines is 2. The Morgan fingerprint density at radius 1 is 1.47 bits per heavy atom. The minimum absolute atomic E-state index is 0.0164. The van der Waals surface area contributed by atoms with Crippen molar-refractivity contribution in [3.05, 3.63) is 51.5 Å². The smallest absolute Gasteiger partial charge is 0.271 e. The Morgan fingerprint density at radius 3 is 2.84 bits per heavy atom. The first-order chi connectivity index (χ1) is 9.02. The molecule has 98 valence electrons. The number of H-pyrrole nitrogens is 1. The molecular formula is C12H11ClN4OS. The first-order valence-electron chi connectivity index (χ1n) is 5.38. The second-order valence-electron chi connectivity index (χ2n) is 3.81. The maximum absolute atomic E-state index is 11.5. The fourth-order valence-corrected chi connectivity index (χ4v) is 2.10. The number of aromatic nitrogens is 2. The van der Waals surface area contributed by atoms with Crippen molar-refractivity contribution in [1.82, 2.24) is 9.97 Å². The van der Waals surface area contributed by atoms with E-state index < -0.39 is 5.56 Å².